The van der Waals surface area contributed by atoms with Gasteiger partial charge in [0.25, 0.3) is 0 Å². The standard InChI is InChI=1S/C27H31F3N5O8P/c1-14(25(37)40-16-9-7-15(8-10-16)27(28,29)30)34-44(39,42-17-5-3-2-4-6-17)43-23-22-26(23,38)21(36)20(41-22)18-11-12-19-24(31)32-13-33-35(18)19/h2-6,11-16,20-23,36,38H,7-10H2,1H3,(H,34,39)(H2,31,32,33)/t14-,15-,16+,20-,21-,22+,23?,26-,44?/m0/s1. The van der Waals surface area contributed by atoms with Crippen LogP contribution in [0.3, 0.4) is 0 Å². The zero-order chi connectivity index (χ0) is 31.4. The number of anilines is 1. The van der Waals surface area contributed by atoms with E-state index in [-0.39, 0.29) is 37.3 Å². The number of halogens is 3. The average molecular weight is 642 g/mol. The first-order valence-corrected chi connectivity index (χ1v) is 15.6. The summed E-state index contributed by atoms with van der Waals surface area (Å²) in [5.41, 5.74) is 4.77. The van der Waals surface area contributed by atoms with E-state index in [0.29, 0.717) is 11.2 Å². The first-order valence-electron chi connectivity index (χ1n) is 14.0. The number of alkyl halides is 3. The van der Waals surface area contributed by atoms with Crippen molar-refractivity contribution in [2.75, 3.05) is 5.73 Å². The molecule has 2 aromatic heterocycles. The van der Waals surface area contributed by atoms with Crippen molar-refractivity contribution in [2.45, 2.75) is 80.9 Å². The van der Waals surface area contributed by atoms with E-state index in [1.54, 1.807) is 30.3 Å². The molecule has 2 saturated carbocycles. The second kappa shape index (κ2) is 11.3. The van der Waals surface area contributed by atoms with Gasteiger partial charge in [-0.15, -0.1) is 0 Å². The summed E-state index contributed by atoms with van der Waals surface area (Å²) in [4.78, 5) is 16.8. The van der Waals surface area contributed by atoms with Crippen molar-refractivity contribution >= 4 is 25.1 Å². The van der Waals surface area contributed by atoms with Gasteiger partial charge in [0.15, 0.2) is 11.4 Å². The van der Waals surface area contributed by atoms with Crippen LogP contribution in [0.1, 0.15) is 44.4 Å². The van der Waals surface area contributed by atoms with Crippen LogP contribution < -0.4 is 15.3 Å². The predicted molar refractivity (Wildman–Crippen MR) is 146 cm³/mol. The van der Waals surface area contributed by atoms with E-state index in [1.165, 1.54) is 29.9 Å². The summed E-state index contributed by atoms with van der Waals surface area (Å²) in [7, 11) is -4.47. The number of aliphatic hydroxyl groups excluding tert-OH is 1. The number of esters is 1. The van der Waals surface area contributed by atoms with Crippen LogP contribution in [0.2, 0.25) is 0 Å². The number of ether oxygens (including phenoxy) is 2. The Morgan fingerprint density at radius 3 is 2.55 bits per heavy atom. The normalized spacial score (nSPS) is 32.0. The molecule has 17 heteroatoms. The molecule has 44 heavy (non-hydrogen) atoms. The second-order valence-electron chi connectivity index (χ2n) is 11.2. The largest absolute Gasteiger partial charge is 0.461 e. The monoisotopic (exact) mass is 641 g/mol. The fourth-order valence-corrected chi connectivity index (χ4v) is 7.51. The van der Waals surface area contributed by atoms with Gasteiger partial charge in [0.1, 0.15) is 54.2 Å². The summed E-state index contributed by atoms with van der Waals surface area (Å²) in [5.74, 6) is -1.99. The molecule has 3 aromatic rings. The average Bonchev–Trinajstić information content (AvgIpc) is 3.23. The number of carbonyl (C=O) groups is 1. The number of nitrogen functional groups attached to an aromatic ring is 1. The Hall–Kier alpha value is -3.27. The van der Waals surface area contributed by atoms with Gasteiger partial charge in [-0.25, -0.2) is 14.1 Å². The zero-order valence-corrected chi connectivity index (χ0v) is 24.2. The maximum absolute atomic E-state index is 14.0. The number of fused-ring (bicyclic) bond motifs is 2. The first-order chi connectivity index (χ1) is 20.8. The fourth-order valence-electron chi connectivity index (χ4n) is 5.79. The molecule has 3 fully saturated rings. The van der Waals surface area contributed by atoms with Gasteiger partial charge >= 0.3 is 19.9 Å². The number of rotatable bonds is 9. The highest BCUT2D eigenvalue weighted by atomic mass is 31.2. The molecule has 6 rings (SSSR count). The maximum atomic E-state index is 14.0. The highest BCUT2D eigenvalue weighted by molar-refractivity contribution is 7.52. The van der Waals surface area contributed by atoms with Crippen LogP contribution in [0.5, 0.6) is 5.75 Å². The molecular weight excluding hydrogens is 610 g/mol. The number of carbonyl (C=O) groups excluding carboxylic acids is 1. The van der Waals surface area contributed by atoms with Crippen molar-refractivity contribution in [3.05, 3.63) is 54.5 Å². The van der Waals surface area contributed by atoms with Gasteiger partial charge in [-0.1, -0.05) is 18.2 Å². The third-order valence-corrected chi connectivity index (χ3v) is 9.94. The van der Waals surface area contributed by atoms with Crippen LogP contribution in [-0.4, -0.2) is 73.0 Å². The number of benzene rings is 1. The third kappa shape index (κ3) is 5.66. The minimum absolute atomic E-state index is 0.0417. The molecule has 3 heterocycles. The number of hydrogen-bond acceptors (Lipinski definition) is 11. The van der Waals surface area contributed by atoms with Gasteiger partial charge in [-0.05, 0) is 56.9 Å². The van der Waals surface area contributed by atoms with Gasteiger partial charge in [-0.3, -0.25) is 9.32 Å². The Morgan fingerprint density at radius 2 is 1.91 bits per heavy atom. The van der Waals surface area contributed by atoms with Crippen LogP contribution in [0.15, 0.2) is 48.8 Å². The summed E-state index contributed by atoms with van der Waals surface area (Å²) >= 11 is 0. The summed E-state index contributed by atoms with van der Waals surface area (Å²) in [5, 5.41) is 29.0. The molecule has 1 aromatic carbocycles. The lowest BCUT2D eigenvalue weighted by Crippen LogP contribution is -2.40. The molecule has 3 aliphatic rings. The van der Waals surface area contributed by atoms with E-state index in [1.807, 2.05) is 0 Å². The molecule has 0 radical (unpaired) electrons. The number of aromatic nitrogens is 3. The van der Waals surface area contributed by atoms with E-state index < -0.39 is 68.0 Å². The Morgan fingerprint density at radius 1 is 1.20 bits per heavy atom. The van der Waals surface area contributed by atoms with Crippen LogP contribution in [-0.2, 0) is 23.4 Å². The molecule has 7 atom stereocenters. The molecule has 238 valence electrons. The topological polar surface area (TPSA) is 180 Å². The molecule has 2 aliphatic carbocycles. The molecule has 0 amide bonds. The number of nitrogens with zero attached hydrogens (tertiary/aromatic N) is 3. The summed E-state index contributed by atoms with van der Waals surface area (Å²) in [6.45, 7) is 1.34. The number of aliphatic hydroxyl groups is 2. The number of hydrogen-bond donors (Lipinski definition) is 4. The molecule has 0 spiro atoms. The molecule has 5 N–H and O–H groups in total. The Labute approximate surface area is 249 Å². The molecule has 2 unspecified atom stereocenters. The third-order valence-electron chi connectivity index (χ3n) is 8.28. The van der Waals surface area contributed by atoms with E-state index in [9.17, 15) is 32.7 Å². The second-order valence-corrected chi connectivity index (χ2v) is 12.9. The smallest absolute Gasteiger partial charge is 0.459 e. The lowest BCUT2D eigenvalue weighted by atomic mass is 9.87. The summed E-state index contributed by atoms with van der Waals surface area (Å²) < 4.78 is 77.2. The van der Waals surface area contributed by atoms with Gasteiger partial charge in [0.2, 0.25) is 0 Å². The maximum Gasteiger partial charge on any atom is 0.459 e. The quantitative estimate of drug-likeness (QED) is 0.199. The fraction of sp³-hybridized carbons (Fsp3) is 0.519. The van der Waals surface area contributed by atoms with Crippen molar-refractivity contribution in [3.8, 4) is 5.75 Å². The van der Waals surface area contributed by atoms with Crippen LogP contribution in [0.25, 0.3) is 5.52 Å². The molecule has 1 saturated heterocycles. The highest BCUT2D eigenvalue weighted by Gasteiger charge is 2.79. The number of nitrogens with one attached hydrogen (secondary N) is 1. The van der Waals surface area contributed by atoms with Crippen molar-refractivity contribution in [3.63, 3.8) is 0 Å². The van der Waals surface area contributed by atoms with E-state index in [2.05, 4.69) is 15.2 Å². The molecule has 0 bridgehead atoms. The van der Waals surface area contributed by atoms with Gasteiger partial charge in [0, 0.05) is 0 Å². The van der Waals surface area contributed by atoms with Crippen molar-refractivity contribution in [2.24, 2.45) is 5.92 Å². The zero-order valence-electron chi connectivity index (χ0n) is 23.3. The Bertz CT molecular complexity index is 1570. The van der Waals surface area contributed by atoms with E-state index >= 15 is 0 Å². The minimum atomic E-state index is -4.47. The summed E-state index contributed by atoms with van der Waals surface area (Å²) in [6, 6.07) is 9.89. The van der Waals surface area contributed by atoms with Crippen LogP contribution >= 0.6 is 7.75 Å². The highest BCUT2D eigenvalue weighted by Crippen LogP contribution is 2.61. The number of nitrogens with two attached hydrogens (primary N) is 1. The Balaban J connectivity index is 1.14. The van der Waals surface area contributed by atoms with Gasteiger partial charge in [0.05, 0.1) is 11.6 Å². The predicted octanol–water partition coefficient (Wildman–Crippen LogP) is 3.07. The Kier molecular flexibility index (Phi) is 7.87. The van der Waals surface area contributed by atoms with Crippen molar-refractivity contribution < 1.29 is 51.3 Å². The van der Waals surface area contributed by atoms with Crippen molar-refractivity contribution in [1.82, 2.24) is 19.7 Å². The lowest BCUT2D eigenvalue weighted by Gasteiger charge is -2.30. The number of para-hydroxylation sites is 1. The van der Waals surface area contributed by atoms with Gasteiger partial charge < -0.3 is 29.9 Å². The van der Waals surface area contributed by atoms with E-state index in [0.717, 1.165) is 0 Å². The minimum Gasteiger partial charge on any atom is -0.461 e. The van der Waals surface area contributed by atoms with Crippen molar-refractivity contribution in [1.29, 1.82) is 0 Å². The van der Waals surface area contributed by atoms with Gasteiger partial charge in [-0.2, -0.15) is 23.4 Å². The summed E-state index contributed by atoms with van der Waals surface area (Å²) in [6.07, 6.45) is -9.04. The SMILES string of the molecule is C[C@H](NP(=O)(Oc1ccccc1)OC1[C@H]2O[C@@H](c3ccc4c(N)ncnn34)[C@H](O)[C@@]12O)C(=O)O[C@H]1CC[C@@H](C(F)(F)F)CC1. The molecular formula is C27H31F3N5O8P. The first kappa shape index (κ1) is 30.7. The van der Waals surface area contributed by atoms with Crippen LogP contribution in [0, 0.1) is 5.92 Å². The van der Waals surface area contributed by atoms with E-state index in [4.69, 9.17) is 24.3 Å². The molecule has 13 nitrogen and oxygen atoms in total. The molecule has 1 aliphatic heterocycles. The lowest BCUT2D eigenvalue weighted by molar-refractivity contribution is -0.188. The van der Waals surface area contributed by atoms with Crippen LogP contribution in [0.4, 0.5) is 19.0 Å².